The highest BCUT2D eigenvalue weighted by molar-refractivity contribution is 7.07. The van der Waals surface area contributed by atoms with Gasteiger partial charge in [-0.25, -0.2) is 19.9 Å². The molecule has 25 heavy (non-hydrogen) atoms. The topological polar surface area (TPSA) is 69.0 Å². The number of hydrogen-bond acceptors (Lipinski definition) is 7. The number of piperidine rings is 1. The summed E-state index contributed by atoms with van der Waals surface area (Å²) in [4.78, 5) is 19.9. The summed E-state index contributed by atoms with van der Waals surface area (Å²) in [6.45, 7) is 2.63. The predicted octanol–water partition coefficient (Wildman–Crippen LogP) is 2.57. The molecule has 0 unspecified atom stereocenters. The van der Waals surface area contributed by atoms with Gasteiger partial charge in [0.2, 0.25) is 0 Å². The van der Waals surface area contributed by atoms with Gasteiger partial charge in [-0.1, -0.05) is 0 Å². The lowest BCUT2D eigenvalue weighted by atomic mass is 9.96. The van der Waals surface area contributed by atoms with Crippen LogP contribution in [0.4, 0.5) is 5.82 Å². The number of anilines is 1. The van der Waals surface area contributed by atoms with Crippen LogP contribution in [0.1, 0.15) is 30.3 Å². The minimum atomic E-state index is 0.451. The van der Waals surface area contributed by atoms with Gasteiger partial charge in [0, 0.05) is 49.2 Å². The molecular weight excluding hydrogens is 336 g/mol. The Balaban J connectivity index is 1.45. The zero-order valence-electron chi connectivity index (χ0n) is 14.1. The number of nitrogens with zero attached hydrogens (tertiary/aromatic N) is 6. The van der Waals surface area contributed by atoms with E-state index in [9.17, 15) is 0 Å². The van der Waals surface area contributed by atoms with E-state index in [-0.39, 0.29) is 0 Å². The van der Waals surface area contributed by atoms with Crippen molar-refractivity contribution in [2.24, 2.45) is 0 Å². The fraction of sp³-hybridized carbons (Fsp3) is 0.412. The fourth-order valence-electron chi connectivity index (χ4n) is 3.33. The molecule has 8 heteroatoms. The standard InChI is InChI=1S/C17H20N6OS/c1-24-17-16(18-4-5-20-17)22-7-2-13(3-8-22)15-19-6-9-23(15)10-14-11-25-12-21-14/h4-6,9,11-13H,2-3,7-8,10H2,1H3. The molecule has 0 aromatic carbocycles. The molecule has 4 rings (SSSR count). The molecule has 0 radical (unpaired) electrons. The second kappa shape index (κ2) is 7.18. The lowest BCUT2D eigenvalue weighted by molar-refractivity contribution is 0.390. The van der Waals surface area contributed by atoms with Crippen molar-refractivity contribution in [1.82, 2.24) is 24.5 Å². The Bertz CT molecular complexity index is 810. The third-order valence-corrected chi connectivity index (χ3v) is 5.20. The molecule has 4 heterocycles. The van der Waals surface area contributed by atoms with Gasteiger partial charge in [-0.2, -0.15) is 0 Å². The van der Waals surface area contributed by atoms with Crippen LogP contribution < -0.4 is 9.64 Å². The van der Waals surface area contributed by atoms with E-state index in [1.165, 1.54) is 0 Å². The predicted molar refractivity (Wildman–Crippen MR) is 96.2 cm³/mol. The van der Waals surface area contributed by atoms with Crippen molar-refractivity contribution in [1.29, 1.82) is 0 Å². The van der Waals surface area contributed by atoms with E-state index in [1.807, 2.05) is 17.9 Å². The SMILES string of the molecule is COc1nccnc1N1CCC(c2nccn2Cc2cscn2)CC1. The molecule has 0 bridgehead atoms. The van der Waals surface area contributed by atoms with E-state index in [0.717, 1.165) is 49.8 Å². The number of hydrogen-bond donors (Lipinski definition) is 0. The molecule has 1 fully saturated rings. The number of methoxy groups -OCH3 is 1. The van der Waals surface area contributed by atoms with Crippen molar-refractivity contribution in [2.45, 2.75) is 25.3 Å². The molecule has 3 aromatic rings. The lowest BCUT2D eigenvalue weighted by Gasteiger charge is -2.32. The highest BCUT2D eigenvalue weighted by Gasteiger charge is 2.26. The van der Waals surface area contributed by atoms with Gasteiger partial charge in [0.1, 0.15) is 5.82 Å². The maximum absolute atomic E-state index is 5.34. The number of rotatable bonds is 5. The molecule has 130 valence electrons. The Morgan fingerprint density at radius 1 is 1.12 bits per heavy atom. The van der Waals surface area contributed by atoms with Crippen molar-refractivity contribution in [2.75, 3.05) is 25.1 Å². The summed E-state index contributed by atoms with van der Waals surface area (Å²) >= 11 is 1.63. The molecule has 1 aliphatic rings. The molecule has 0 atom stereocenters. The second-order valence-electron chi connectivity index (χ2n) is 6.04. The molecule has 0 aliphatic carbocycles. The monoisotopic (exact) mass is 356 g/mol. The molecule has 1 aliphatic heterocycles. The Labute approximate surface area is 150 Å². The molecule has 0 saturated carbocycles. The van der Waals surface area contributed by atoms with Crippen LogP contribution in [0.15, 0.2) is 35.7 Å². The average molecular weight is 356 g/mol. The first-order valence-corrected chi connectivity index (χ1v) is 9.27. The van der Waals surface area contributed by atoms with E-state index in [4.69, 9.17) is 4.74 Å². The Morgan fingerprint density at radius 2 is 1.96 bits per heavy atom. The zero-order chi connectivity index (χ0) is 17.1. The summed E-state index contributed by atoms with van der Waals surface area (Å²) in [5, 5.41) is 2.09. The van der Waals surface area contributed by atoms with Gasteiger partial charge in [-0.15, -0.1) is 11.3 Å². The van der Waals surface area contributed by atoms with E-state index in [2.05, 4.69) is 34.8 Å². The maximum Gasteiger partial charge on any atom is 0.257 e. The first-order valence-electron chi connectivity index (χ1n) is 8.33. The quantitative estimate of drug-likeness (QED) is 0.700. The van der Waals surface area contributed by atoms with E-state index in [1.54, 1.807) is 30.8 Å². The van der Waals surface area contributed by atoms with Gasteiger partial charge in [0.25, 0.3) is 5.88 Å². The summed E-state index contributed by atoms with van der Waals surface area (Å²) in [5.41, 5.74) is 2.96. The molecule has 0 spiro atoms. The van der Waals surface area contributed by atoms with Gasteiger partial charge in [0.15, 0.2) is 5.82 Å². The summed E-state index contributed by atoms with van der Waals surface area (Å²) in [5.74, 6) is 3.02. The fourth-order valence-corrected chi connectivity index (χ4v) is 3.88. The van der Waals surface area contributed by atoms with E-state index in [0.29, 0.717) is 11.8 Å². The van der Waals surface area contributed by atoms with Crippen LogP contribution in [0.2, 0.25) is 0 Å². The van der Waals surface area contributed by atoms with Crippen molar-refractivity contribution in [3.8, 4) is 5.88 Å². The van der Waals surface area contributed by atoms with Crippen molar-refractivity contribution < 1.29 is 4.74 Å². The van der Waals surface area contributed by atoms with Crippen molar-refractivity contribution in [3.63, 3.8) is 0 Å². The van der Waals surface area contributed by atoms with Crippen LogP contribution in [0.5, 0.6) is 5.88 Å². The van der Waals surface area contributed by atoms with Crippen LogP contribution in [0, 0.1) is 0 Å². The molecule has 0 amide bonds. The third-order valence-electron chi connectivity index (χ3n) is 4.56. The highest BCUT2D eigenvalue weighted by atomic mass is 32.1. The number of aromatic nitrogens is 5. The highest BCUT2D eigenvalue weighted by Crippen LogP contribution is 2.31. The zero-order valence-corrected chi connectivity index (χ0v) is 14.9. The van der Waals surface area contributed by atoms with Crippen LogP contribution in [0.3, 0.4) is 0 Å². The van der Waals surface area contributed by atoms with Gasteiger partial charge in [0.05, 0.1) is 24.9 Å². The van der Waals surface area contributed by atoms with Crippen molar-refractivity contribution >= 4 is 17.2 Å². The summed E-state index contributed by atoms with van der Waals surface area (Å²) in [7, 11) is 1.63. The third kappa shape index (κ3) is 3.34. The minimum Gasteiger partial charge on any atom is -0.478 e. The lowest BCUT2D eigenvalue weighted by Crippen LogP contribution is -2.34. The molecular formula is C17H20N6OS. The number of imidazole rings is 1. The van der Waals surface area contributed by atoms with Gasteiger partial charge in [-0.05, 0) is 12.8 Å². The molecule has 7 nitrogen and oxygen atoms in total. The van der Waals surface area contributed by atoms with Crippen LogP contribution in [0.25, 0.3) is 0 Å². The summed E-state index contributed by atoms with van der Waals surface area (Å²) < 4.78 is 7.56. The number of thiazole rings is 1. The van der Waals surface area contributed by atoms with Crippen LogP contribution in [-0.2, 0) is 6.54 Å². The van der Waals surface area contributed by atoms with E-state index >= 15 is 0 Å². The first kappa shape index (κ1) is 16.0. The maximum atomic E-state index is 5.34. The summed E-state index contributed by atoms with van der Waals surface area (Å²) in [6.07, 6.45) is 9.38. The molecule has 3 aromatic heterocycles. The summed E-state index contributed by atoms with van der Waals surface area (Å²) in [6, 6.07) is 0. The van der Waals surface area contributed by atoms with Gasteiger partial charge < -0.3 is 14.2 Å². The van der Waals surface area contributed by atoms with Gasteiger partial charge in [-0.3, -0.25) is 0 Å². The smallest absolute Gasteiger partial charge is 0.257 e. The Morgan fingerprint density at radius 3 is 2.72 bits per heavy atom. The average Bonchev–Trinajstić information content (AvgIpc) is 3.34. The van der Waals surface area contributed by atoms with Crippen LogP contribution in [-0.4, -0.2) is 44.7 Å². The van der Waals surface area contributed by atoms with Crippen molar-refractivity contribution in [3.05, 3.63) is 47.2 Å². The Hall–Kier alpha value is -2.48. The molecule has 1 saturated heterocycles. The Kier molecular flexibility index (Phi) is 4.60. The van der Waals surface area contributed by atoms with Gasteiger partial charge >= 0.3 is 0 Å². The largest absolute Gasteiger partial charge is 0.478 e. The second-order valence-corrected chi connectivity index (χ2v) is 6.76. The molecule has 0 N–H and O–H groups in total. The van der Waals surface area contributed by atoms with Crippen LogP contribution >= 0.6 is 11.3 Å². The first-order chi connectivity index (χ1) is 12.3. The minimum absolute atomic E-state index is 0.451. The van der Waals surface area contributed by atoms with E-state index < -0.39 is 0 Å². The normalized spacial score (nSPS) is 15.5. The number of ether oxygens (including phenoxy) is 1.